The molecule has 5 heteroatoms. The van der Waals surface area contributed by atoms with E-state index in [0.717, 1.165) is 44.8 Å². The zero-order valence-electron chi connectivity index (χ0n) is 14.1. The first-order valence-corrected chi connectivity index (χ1v) is 8.03. The molecule has 0 atom stereocenters. The van der Waals surface area contributed by atoms with Gasteiger partial charge >= 0.3 is 0 Å². The van der Waals surface area contributed by atoms with E-state index in [4.69, 9.17) is 5.73 Å². The number of nitrogen functional groups attached to an aromatic ring is 1. The van der Waals surface area contributed by atoms with Crippen LogP contribution in [-0.2, 0) is 11.3 Å². The smallest absolute Gasteiger partial charge is 0.247 e. The summed E-state index contributed by atoms with van der Waals surface area (Å²) in [6.45, 7) is 14.1. The number of anilines is 2. The Labute approximate surface area is 139 Å². The minimum atomic E-state index is -0.242. The standard InChI is InChI=1S/C18H27N4O/c1-4-18(23)20-17-11-15(5-6-16(17)19)13-22-9-7-21(8-10-22)12-14(2)3/h4-6,11H,1,7-10,12-13,19H2,2-3H3,(H,20,23). The quantitative estimate of drug-likeness (QED) is 0.623. The molecule has 1 heterocycles. The second-order valence-electron chi connectivity index (χ2n) is 6.37. The highest BCUT2D eigenvalue weighted by Gasteiger charge is 2.17. The summed E-state index contributed by atoms with van der Waals surface area (Å²) in [6, 6.07) is 5.82. The normalized spacial score (nSPS) is 16.5. The Balaban J connectivity index is 1.92. The van der Waals surface area contributed by atoms with Gasteiger partial charge in [-0.15, -0.1) is 0 Å². The van der Waals surface area contributed by atoms with Gasteiger partial charge in [0.25, 0.3) is 0 Å². The van der Waals surface area contributed by atoms with E-state index in [1.54, 1.807) is 0 Å². The van der Waals surface area contributed by atoms with E-state index < -0.39 is 0 Å². The number of piperazine rings is 1. The average Bonchev–Trinajstić information content (AvgIpc) is 2.52. The summed E-state index contributed by atoms with van der Waals surface area (Å²) in [4.78, 5) is 16.4. The molecule has 125 valence electrons. The van der Waals surface area contributed by atoms with Gasteiger partial charge in [0.1, 0.15) is 0 Å². The van der Waals surface area contributed by atoms with Crippen LogP contribution in [0.2, 0.25) is 0 Å². The molecule has 1 fully saturated rings. The fraction of sp³-hybridized carbons (Fsp3) is 0.444. The fourth-order valence-electron chi connectivity index (χ4n) is 2.80. The number of amides is 1. The Hall–Kier alpha value is -1.85. The first-order valence-electron chi connectivity index (χ1n) is 8.03. The first-order chi connectivity index (χ1) is 11.0. The Bertz CT molecular complexity index is 548. The van der Waals surface area contributed by atoms with Crippen molar-refractivity contribution in [3.05, 3.63) is 42.3 Å². The van der Waals surface area contributed by atoms with Crippen molar-refractivity contribution >= 4 is 17.3 Å². The number of hydrogen-bond acceptors (Lipinski definition) is 4. The molecule has 0 aliphatic carbocycles. The highest BCUT2D eigenvalue weighted by atomic mass is 16.1. The van der Waals surface area contributed by atoms with Crippen LogP contribution in [0.4, 0.5) is 11.4 Å². The molecular weight excluding hydrogens is 288 g/mol. The van der Waals surface area contributed by atoms with Gasteiger partial charge in [0.15, 0.2) is 0 Å². The molecule has 5 nitrogen and oxygen atoms in total. The second kappa shape index (κ2) is 8.13. The maximum Gasteiger partial charge on any atom is 0.247 e. The van der Waals surface area contributed by atoms with Crippen LogP contribution < -0.4 is 11.1 Å². The van der Waals surface area contributed by atoms with Crippen molar-refractivity contribution in [1.82, 2.24) is 9.80 Å². The SMILES string of the molecule is C=CC(=O)Nc1cc(CN2CCN(C[C](C)C)CC2)ccc1N. The molecule has 3 N–H and O–H groups in total. The number of nitrogens with one attached hydrogen (secondary N) is 1. The van der Waals surface area contributed by atoms with Crippen molar-refractivity contribution in [1.29, 1.82) is 0 Å². The zero-order valence-corrected chi connectivity index (χ0v) is 14.1. The van der Waals surface area contributed by atoms with Gasteiger partial charge in [-0.05, 0) is 29.7 Å². The van der Waals surface area contributed by atoms with Crippen LogP contribution in [0.15, 0.2) is 30.9 Å². The Morgan fingerprint density at radius 2 is 1.91 bits per heavy atom. The maximum absolute atomic E-state index is 11.5. The number of nitrogens with two attached hydrogens (primary N) is 1. The molecule has 0 spiro atoms. The van der Waals surface area contributed by atoms with E-state index in [2.05, 4.69) is 35.5 Å². The largest absolute Gasteiger partial charge is 0.397 e. The van der Waals surface area contributed by atoms with Gasteiger partial charge in [0, 0.05) is 39.3 Å². The molecule has 1 aromatic carbocycles. The molecule has 0 bridgehead atoms. The predicted molar refractivity (Wildman–Crippen MR) is 96.0 cm³/mol. The molecule has 1 radical (unpaired) electrons. The summed E-state index contributed by atoms with van der Waals surface area (Å²) in [6.07, 6.45) is 1.25. The van der Waals surface area contributed by atoms with Crippen molar-refractivity contribution in [2.45, 2.75) is 20.4 Å². The first kappa shape index (κ1) is 17.5. The molecule has 1 aromatic rings. The number of benzene rings is 1. The van der Waals surface area contributed by atoms with Gasteiger partial charge in [-0.3, -0.25) is 9.69 Å². The van der Waals surface area contributed by atoms with Crippen LogP contribution in [0.5, 0.6) is 0 Å². The van der Waals surface area contributed by atoms with Crippen LogP contribution >= 0.6 is 0 Å². The van der Waals surface area contributed by atoms with Crippen molar-refractivity contribution in [3.63, 3.8) is 0 Å². The van der Waals surface area contributed by atoms with Crippen LogP contribution in [-0.4, -0.2) is 48.4 Å². The molecule has 0 unspecified atom stereocenters. The highest BCUT2D eigenvalue weighted by molar-refractivity contribution is 6.00. The van der Waals surface area contributed by atoms with Crippen LogP contribution in [0.25, 0.3) is 0 Å². The molecule has 23 heavy (non-hydrogen) atoms. The van der Waals surface area contributed by atoms with Gasteiger partial charge in [-0.25, -0.2) is 0 Å². The van der Waals surface area contributed by atoms with E-state index in [9.17, 15) is 4.79 Å². The van der Waals surface area contributed by atoms with Gasteiger partial charge in [-0.2, -0.15) is 0 Å². The molecule has 1 amide bonds. The van der Waals surface area contributed by atoms with E-state index >= 15 is 0 Å². The number of carbonyl (C=O) groups is 1. The monoisotopic (exact) mass is 315 g/mol. The Morgan fingerprint density at radius 1 is 1.26 bits per heavy atom. The minimum absolute atomic E-state index is 0.242. The molecule has 1 saturated heterocycles. The lowest BCUT2D eigenvalue weighted by Gasteiger charge is -2.35. The third-order valence-corrected chi connectivity index (χ3v) is 3.97. The van der Waals surface area contributed by atoms with Crippen LogP contribution in [0.3, 0.4) is 0 Å². The summed E-state index contributed by atoms with van der Waals surface area (Å²) < 4.78 is 0. The maximum atomic E-state index is 11.5. The predicted octanol–water partition coefficient (Wildman–Crippen LogP) is 2.13. The topological polar surface area (TPSA) is 61.6 Å². The molecule has 0 saturated carbocycles. The van der Waals surface area contributed by atoms with Crippen molar-refractivity contribution in [2.24, 2.45) is 0 Å². The third kappa shape index (κ3) is 5.37. The minimum Gasteiger partial charge on any atom is -0.397 e. The molecule has 1 aliphatic rings. The van der Waals surface area contributed by atoms with Gasteiger partial charge in [0.05, 0.1) is 11.4 Å². The summed E-state index contributed by atoms with van der Waals surface area (Å²) in [5.74, 6) is 1.22. The summed E-state index contributed by atoms with van der Waals surface area (Å²) in [7, 11) is 0. The summed E-state index contributed by atoms with van der Waals surface area (Å²) >= 11 is 0. The highest BCUT2D eigenvalue weighted by Crippen LogP contribution is 2.21. The Morgan fingerprint density at radius 3 is 2.52 bits per heavy atom. The summed E-state index contributed by atoms with van der Waals surface area (Å²) in [5, 5.41) is 2.75. The lowest BCUT2D eigenvalue weighted by atomic mass is 10.1. The fourth-order valence-corrected chi connectivity index (χ4v) is 2.80. The molecule has 2 rings (SSSR count). The van der Waals surface area contributed by atoms with Gasteiger partial charge in [-0.1, -0.05) is 26.5 Å². The number of nitrogens with zero attached hydrogens (tertiary/aromatic N) is 2. The van der Waals surface area contributed by atoms with Crippen molar-refractivity contribution in [3.8, 4) is 0 Å². The van der Waals surface area contributed by atoms with E-state index in [1.807, 2.05) is 18.2 Å². The molecular formula is C18H27N4O. The lowest BCUT2D eigenvalue weighted by molar-refractivity contribution is -0.111. The van der Waals surface area contributed by atoms with Gasteiger partial charge in [0.2, 0.25) is 5.91 Å². The van der Waals surface area contributed by atoms with E-state index in [1.165, 1.54) is 12.0 Å². The molecule has 1 aliphatic heterocycles. The average molecular weight is 315 g/mol. The summed E-state index contributed by atoms with van der Waals surface area (Å²) in [5.41, 5.74) is 8.30. The number of hydrogen-bond donors (Lipinski definition) is 2. The lowest BCUT2D eigenvalue weighted by Crippen LogP contribution is -2.46. The number of carbonyl (C=O) groups excluding carboxylic acids is 1. The third-order valence-electron chi connectivity index (χ3n) is 3.97. The van der Waals surface area contributed by atoms with E-state index in [0.29, 0.717) is 11.4 Å². The second-order valence-corrected chi connectivity index (χ2v) is 6.37. The Kier molecular flexibility index (Phi) is 6.19. The van der Waals surface area contributed by atoms with Gasteiger partial charge < -0.3 is 16.0 Å². The van der Waals surface area contributed by atoms with Crippen LogP contribution in [0.1, 0.15) is 19.4 Å². The number of rotatable bonds is 6. The van der Waals surface area contributed by atoms with Crippen molar-refractivity contribution in [2.75, 3.05) is 43.8 Å². The van der Waals surface area contributed by atoms with E-state index in [-0.39, 0.29) is 5.91 Å². The van der Waals surface area contributed by atoms with Crippen LogP contribution in [0, 0.1) is 5.92 Å². The van der Waals surface area contributed by atoms with Crippen molar-refractivity contribution < 1.29 is 4.79 Å². The zero-order chi connectivity index (χ0) is 16.8. The molecule has 0 aromatic heterocycles.